The largest absolute Gasteiger partial charge is 0.249 e. The summed E-state index contributed by atoms with van der Waals surface area (Å²) < 4.78 is 40.6. The fraction of sp³-hybridized carbons (Fsp3) is 0.111. The van der Waals surface area contributed by atoms with Crippen molar-refractivity contribution in [2.75, 3.05) is 0 Å². The molecule has 0 saturated carbocycles. The number of benzene rings is 2. The zero-order valence-corrected chi connectivity index (χ0v) is 13.4. The lowest BCUT2D eigenvalue weighted by Crippen LogP contribution is -2.19. The molecule has 0 aliphatic carbocycles. The Morgan fingerprint density at radius 2 is 1.83 bits per heavy atom. The van der Waals surface area contributed by atoms with Crippen molar-refractivity contribution >= 4 is 20.9 Å². The van der Waals surface area contributed by atoms with E-state index in [4.69, 9.17) is 0 Å². The molecule has 0 spiro atoms. The van der Waals surface area contributed by atoms with Crippen molar-refractivity contribution < 1.29 is 12.8 Å². The maximum Gasteiger partial charge on any atom is 0.249 e. The Kier molecular flexibility index (Phi) is 3.82. The van der Waals surface area contributed by atoms with Crippen molar-refractivity contribution in [1.29, 1.82) is 0 Å². The number of hydrogen-bond acceptors (Lipinski definition) is 2. The molecule has 3 nitrogen and oxygen atoms in total. The minimum Gasteiger partial charge on any atom is -0.244 e. The lowest BCUT2D eigenvalue weighted by molar-refractivity contribution is 0.583. The minimum atomic E-state index is -3.79. The summed E-state index contributed by atoms with van der Waals surface area (Å²) in [4.78, 5) is 0. The number of fused-ring (bicyclic) bond motifs is 1. The van der Waals surface area contributed by atoms with Crippen molar-refractivity contribution in [1.82, 2.24) is 3.97 Å². The predicted octanol–water partition coefficient (Wildman–Crippen LogP) is 4.19. The Morgan fingerprint density at radius 1 is 1.13 bits per heavy atom. The fourth-order valence-corrected chi connectivity index (χ4v) is 4.26. The molecule has 0 fully saturated rings. The van der Waals surface area contributed by atoms with Gasteiger partial charge in [-0.25, -0.2) is 16.8 Å². The first-order valence-corrected chi connectivity index (χ1v) is 8.64. The molecule has 118 valence electrons. The maximum absolute atomic E-state index is 13.5. The van der Waals surface area contributed by atoms with E-state index in [1.165, 1.54) is 24.4 Å². The van der Waals surface area contributed by atoms with Gasteiger partial charge in [0.25, 0.3) is 0 Å². The number of nitrogens with zero attached hydrogens (tertiary/aromatic N) is 1. The Labute approximate surface area is 134 Å². The average molecular weight is 329 g/mol. The summed E-state index contributed by atoms with van der Waals surface area (Å²) in [6.07, 6.45) is 2.84. The lowest BCUT2D eigenvalue weighted by Gasteiger charge is -2.16. The Balaban J connectivity index is 2.16. The van der Waals surface area contributed by atoms with Gasteiger partial charge < -0.3 is 0 Å². The van der Waals surface area contributed by atoms with E-state index >= 15 is 0 Å². The second-order valence-corrected chi connectivity index (χ2v) is 7.36. The van der Waals surface area contributed by atoms with E-state index < -0.39 is 21.1 Å². The third kappa shape index (κ3) is 2.68. The number of rotatable bonds is 4. The Hall–Kier alpha value is -2.40. The van der Waals surface area contributed by atoms with Gasteiger partial charge in [0, 0.05) is 11.6 Å². The molecule has 1 atom stereocenters. The van der Waals surface area contributed by atoms with Gasteiger partial charge in [0.05, 0.1) is 5.52 Å². The van der Waals surface area contributed by atoms with Crippen LogP contribution in [0.15, 0.2) is 67.4 Å². The second-order valence-electron chi connectivity index (χ2n) is 5.43. The molecule has 1 heterocycles. The molecule has 1 unspecified atom stereocenters. The first-order valence-electron chi connectivity index (χ1n) is 7.13. The van der Waals surface area contributed by atoms with Crippen LogP contribution < -0.4 is 0 Å². The molecule has 1 aromatic heterocycles. The summed E-state index contributed by atoms with van der Waals surface area (Å²) in [6, 6.07) is 13.0. The van der Waals surface area contributed by atoms with Gasteiger partial charge in [-0.3, -0.25) is 0 Å². The van der Waals surface area contributed by atoms with Gasteiger partial charge in [-0.1, -0.05) is 35.9 Å². The highest BCUT2D eigenvalue weighted by Crippen LogP contribution is 2.29. The van der Waals surface area contributed by atoms with Gasteiger partial charge >= 0.3 is 0 Å². The van der Waals surface area contributed by atoms with Crippen LogP contribution in [0.25, 0.3) is 10.9 Å². The van der Waals surface area contributed by atoms with Crippen LogP contribution >= 0.6 is 0 Å². The van der Waals surface area contributed by atoms with E-state index in [0.29, 0.717) is 16.5 Å². The summed E-state index contributed by atoms with van der Waals surface area (Å²) >= 11 is 0. The molecule has 0 bridgehead atoms. The van der Waals surface area contributed by atoms with Gasteiger partial charge in [-0.2, -0.15) is 0 Å². The molecule has 23 heavy (non-hydrogen) atoms. The summed E-state index contributed by atoms with van der Waals surface area (Å²) in [6.45, 7) is 5.60. The van der Waals surface area contributed by atoms with Crippen LogP contribution in [0.3, 0.4) is 0 Å². The van der Waals surface area contributed by atoms with Gasteiger partial charge in [-0.15, -0.1) is 6.58 Å². The normalized spacial score (nSPS) is 13.1. The lowest BCUT2D eigenvalue weighted by atomic mass is 10.1. The summed E-state index contributed by atoms with van der Waals surface area (Å²) in [5.74, 6) is -0.474. The Bertz CT molecular complexity index is 972. The van der Waals surface area contributed by atoms with Crippen molar-refractivity contribution in [2.24, 2.45) is 0 Å². The molecular formula is C18H16FNO2S. The van der Waals surface area contributed by atoms with Crippen LogP contribution in [0.5, 0.6) is 0 Å². The molecule has 0 N–H and O–H groups in total. The topological polar surface area (TPSA) is 39.1 Å². The molecule has 0 radical (unpaired) electrons. The van der Waals surface area contributed by atoms with E-state index in [1.807, 2.05) is 19.1 Å². The van der Waals surface area contributed by atoms with Gasteiger partial charge in [0.2, 0.25) is 10.0 Å². The van der Waals surface area contributed by atoms with Crippen LogP contribution in [-0.2, 0) is 10.0 Å². The molecule has 5 heteroatoms. The fourth-order valence-electron chi connectivity index (χ4n) is 2.61. The van der Waals surface area contributed by atoms with E-state index in [2.05, 4.69) is 6.58 Å². The standard InChI is InChI=1S/C18H16FNO2S/c1-3-18(15-6-4-13(2)5-7-15)23(21,22)20-11-10-14-8-9-16(19)12-17(14)20/h3-12,18H,1H2,2H3. The average Bonchev–Trinajstić information content (AvgIpc) is 2.93. The van der Waals surface area contributed by atoms with Crippen LogP contribution in [0, 0.1) is 12.7 Å². The van der Waals surface area contributed by atoms with Crippen LogP contribution in [-0.4, -0.2) is 12.4 Å². The van der Waals surface area contributed by atoms with Gasteiger partial charge in [0.1, 0.15) is 11.1 Å². The van der Waals surface area contributed by atoms with E-state index in [-0.39, 0.29) is 0 Å². The molecule has 3 rings (SSSR count). The highest BCUT2D eigenvalue weighted by Gasteiger charge is 2.27. The van der Waals surface area contributed by atoms with Crippen LogP contribution in [0.4, 0.5) is 4.39 Å². The monoisotopic (exact) mass is 329 g/mol. The minimum absolute atomic E-state index is 0.323. The number of aromatic nitrogens is 1. The zero-order valence-electron chi connectivity index (χ0n) is 12.6. The third-order valence-corrected chi connectivity index (χ3v) is 5.81. The maximum atomic E-state index is 13.5. The molecule has 0 amide bonds. The second kappa shape index (κ2) is 5.66. The predicted molar refractivity (Wildman–Crippen MR) is 90.3 cm³/mol. The number of aryl methyl sites for hydroxylation is 1. The molecular weight excluding hydrogens is 313 g/mol. The number of hydrogen-bond donors (Lipinski definition) is 0. The van der Waals surface area contributed by atoms with E-state index in [9.17, 15) is 12.8 Å². The van der Waals surface area contributed by atoms with Gasteiger partial charge in [-0.05, 0) is 36.8 Å². The number of halogens is 1. The summed E-state index contributed by atoms with van der Waals surface area (Å²) in [7, 11) is -3.79. The first-order chi connectivity index (χ1) is 10.9. The van der Waals surface area contributed by atoms with Crippen LogP contribution in [0.2, 0.25) is 0 Å². The highest BCUT2D eigenvalue weighted by molar-refractivity contribution is 7.90. The summed E-state index contributed by atoms with van der Waals surface area (Å²) in [5.41, 5.74) is 2.00. The van der Waals surface area contributed by atoms with Gasteiger partial charge in [0.15, 0.2) is 0 Å². The smallest absolute Gasteiger partial charge is 0.244 e. The third-order valence-electron chi connectivity index (χ3n) is 3.83. The SMILES string of the molecule is C=CC(c1ccc(C)cc1)S(=O)(=O)n1ccc2ccc(F)cc21. The molecule has 0 aliphatic rings. The Morgan fingerprint density at radius 3 is 2.48 bits per heavy atom. The van der Waals surface area contributed by atoms with Crippen LogP contribution in [0.1, 0.15) is 16.4 Å². The molecule has 3 aromatic rings. The molecule has 0 saturated heterocycles. The summed E-state index contributed by atoms with van der Waals surface area (Å²) in [5, 5.41) is -0.233. The van der Waals surface area contributed by atoms with Crippen molar-refractivity contribution in [3.8, 4) is 0 Å². The van der Waals surface area contributed by atoms with Crippen molar-refractivity contribution in [3.63, 3.8) is 0 Å². The van der Waals surface area contributed by atoms with Crippen molar-refractivity contribution in [2.45, 2.75) is 12.2 Å². The highest BCUT2D eigenvalue weighted by atomic mass is 32.2. The van der Waals surface area contributed by atoms with E-state index in [1.54, 1.807) is 24.3 Å². The van der Waals surface area contributed by atoms with E-state index in [0.717, 1.165) is 9.54 Å². The quantitative estimate of drug-likeness (QED) is 0.673. The first kappa shape index (κ1) is 15.5. The molecule has 2 aromatic carbocycles. The van der Waals surface area contributed by atoms with Crippen molar-refractivity contribution in [3.05, 3.63) is 84.3 Å². The zero-order chi connectivity index (χ0) is 16.6. The molecule has 0 aliphatic heterocycles.